The van der Waals surface area contributed by atoms with Crippen molar-refractivity contribution in [1.29, 1.82) is 0 Å². The van der Waals surface area contributed by atoms with Crippen LogP contribution in [0.3, 0.4) is 0 Å². The van der Waals surface area contributed by atoms with Crippen molar-refractivity contribution in [3.8, 4) is 17.3 Å². The fourth-order valence-electron chi connectivity index (χ4n) is 2.06. The van der Waals surface area contributed by atoms with Gasteiger partial charge < -0.3 is 14.4 Å². The molecule has 0 aliphatic heterocycles. The SMILES string of the molecule is O=C(O)CCc1ccc(OCc2nc(-c3ccccn3)no2)cc1. The lowest BCUT2D eigenvalue weighted by Gasteiger charge is -2.04. The minimum atomic E-state index is -0.810. The van der Waals surface area contributed by atoms with Crippen LogP contribution >= 0.6 is 0 Å². The molecular formula is C17H15N3O4. The number of hydrogen-bond acceptors (Lipinski definition) is 6. The Hall–Kier alpha value is -3.22. The van der Waals surface area contributed by atoms with Gasteiger partial charge in [0.15, 0.2) is 6.61 Å². The van der Waals surface area contributed by atoms with E-state index in [1.165, 1.54) is 0 Å². The first-order valence-electron chi connectivity index (χ1n) is 7.38. The molecule has 0 radical (unpaired) electrons. The molecule has 0 fully saturated rings. The molecule has 3 rings (SSSR count). The van der Waals surface area contributed by atoms with Gasteiger partial charge in [0.25, 0.3) is 5.89 Å². The lowest BCUT2D eigenvalue weighted by Crippen LogP contribution is -1.98. The molecule has 0 bridgehead atoms. The van der Waals surface area contributed by atoms with Crippen LogP contribution in [-0.4, -0.2) is 26.2 Å². The van der Waals surface area contributed by atoms with Crippen LogP contribution in [0.25, 0.3) is 11.5 Å². The third-order valence-electron chi connectivity index (χ3n) is 3.28. The lowest BCUT2D eigenvalue weighted by molar-refractivity contribution is -0.136. The van der Waals surface area contributed by atoms with Crippen molar-refractivity contribution < 1.29 is 19.2 Å². The van der Waals surface area contributed by atoms with Crippen molar-refractivity contribution >= 4 is 5.97 Å². The number of pyridine rings is 1. The van der Waals surface area contributed by atoms with Crippen molar-refractivity contribution in [3.63, 3.8) is 0 Å². The molecule has 0 atom stereocenters. The van der Waals surface area contributed by atoms with E-state index in [0.29, 0.717) is 29.6 Å². The Morgan fingerprint density at radius 1 is 1.17 bits per heavy atom. The van der Waals surface area contributed by atoms with E-state index < -0.39 is 5.97 Å². The molecule has 7 heteroatoms. The van der Waals surface area contributed by atoms with E-state index in [-0.39, 0.29) is 13.0 Å². The van der Waals surface area contributed by atoms with Gasteiger partial charge in [-0.15, -0.1) is 0 Å². The zero-order valence-corrected chi connectivity index (χ0v) is 12.8. The lowest BCUT2D eigenvalue weighted by atomic mass is 10.1. The van der Waals surface area contributed by atoms with Crippen LogP contribution in [0.15, 0.2) is 53.2 Å². The van der Waals surface area contributed by atoms with Gasteiger partial charge in [-0.3, -0.25) is 9.78 Å². The number of aromatic nitrogens is 3. The molecule has 0 unspecified atom stereocenters. The maximum atomic E-state index is 10.6. The highest BCUT2D eigenvalue weighted by molar-refractivity contribution is 5.67. The fraction of sp³-hybridized carbons (Fsp3) is 0.176. The molecule has 1 N–H and O–H groups in total. The van der Waals surface area contributed by atoms with Gasteiger partial charge in [-0.1, -0.05) is 23.4 Å². The summed E-state index contributed by atoms with van der Waals surface area (Å²) in [5, 5.41) is 12.5. The number of ether oxygens (including phenoxy) is 1. The van der Waals surface area contributed by atoms with Gasteiger partial charge >= 0.3 is 5.97 Å². The van der Waals surface area contributed by atoms with E-state index in [2.05, 4.69) is 15.1 Å². The molecule has 7 nitrogen and oxygen atoms in total. The monoisotopic (exact) mass is 325 g/mol. The van der Waals surface area contributed by atoms with Gasteiger partial charge in [0.05, 0.1) is 0 Å². The normalized spacial score (nSPS) is 10.5. The molecule has 0 saturated heterocycles. The summed E-state index contributed by atoms with van der Waals surface area (Å²) in [5.74, 6) is 0.603. The van der Waals surface area contributed by atoms with Gasteiger partial charge in [-0.05, 0) is 36.2 Å². The molecule has 24 heavy (non-hydrogen) atoms. The number of rotatable bonds is 7. The number of nitrogens with zero attached hydrogens (tertiary/aromatic N) is 3. The van der Waals surface area contributed by atoms with Gasteiger partial charge in [0.1, 0.15) is 11.4 Å². The Bertz CT molecular complexity index is 800. The first-order valence-corrected chi connectivity index (χ1v) is 7.38. The molecule has 0 spiro atoms. The Labute approximate surface area is 137 Å². The van der Waals surface area contributed by atoms with E-state index in [1.54, 1.807) is 24.4 Å². The molecule has 2 heterocycles. The van der Waals surface area contributed by atoms with E-state index in [9.17, 15) is 4.79 Å². The summed E-state index contributed by atoms with van der Waals surface area (Å²) in [7, 11) is 0. The Balaban J connectivity index is 1.56. The summed E-state index contributed by atoms with van der Waals surface area (Å²) >= 11 is 0. The third kappa shape index (κ3) is 4.16. The zero-order chi connectivity index (χ0) is 16.8. The number of carboxylic acids is 1. The highest BCUT2D eigenvalue weighted by Gasteiger charge is 2.10. The second kappa shape index (κ2) is 7.36. The summed E-state index contributed by atoms with van der Waals surface area (Å²) in [5.41, 5.74) is 1.58. The molecule has 3 aromatic rings. The molecule has 2 aromatic heterocycles. The van der Waals surface area contributed by atoms with Crippen molar-refractivity contribution in [1.82, 2.24) is 15.1 Å². The predicted octanol–water partition coefficient (Wildman–Crippen LogP) is 2.73. The second-order valence-electron chi connectivity index (χ2n) is 5.05. The fourth-order valence-corrected chi connectivity index (χ4v) is 2.06. The van der Waals surface area contributed by atoms with Crippen LogP contribution in [0.5, 0.6) is 5.75 Å². The third-order valence-corrected chi connectivity index (χ3v) is 3.28. The molecule has 0 aliphatic carbocycles. The number of carboxylic acid groups (broad SMARTS) is 1. The summed E-state index contributed by atoms with van der Waals surface area (Å²) in [6.45, 7) is 0.147. The van der Waals surface area contributed by atoms with E-state index >= 15 is 0 Å². The zero-order valence-electron chi connectivity index (χ0n) is 12.8. The number of hydrogen-bond donors (Lipinski definition) is 1. The van der Waals surface area contributed by atoms with Gasteiger partial charge in [-0.2, -0.15) is 4.98 Å². The predicted molar refractivity (Wildman–Crippen MR) is 84.3 cm³/mol. The van der Waals surface area contributed by atoms with Crippen LogP contribution in [-0.2, 0) is 17.8 Å². The number of aryl methyl sites for hydroxylation is 1. The summed E-state index contributed by atoms with van der Waals surface area (Å²) in [6.07, 6.45) is 2.26. The topological polar surface area (TPSA) is 98.3 Å². The van der Waals surface area contributed by atoms with Gasteiger partial charge in [0.2, 0.25) is 5.82 Å². The molecule has 0 aliphatic rings. The molecule has 122 valence electrons. The summed E-state index contributed by atoms with van der Waals surface area (Å²) < 4.78 is 10.7. The first-order chi connectivity index (χ1) is 11.7. The Kier molecular flexibility index (Phi) is 4.81. The highest BCUT2D eigenvalue weighted by atomic mass is 16.5. The van der Waals surface area contributed by atoms with Gasteiger partial charge in [0, 0.05) is 12.6 Å². The average molecular weight is 325 g/mol. The van der Waals surface area contributed by atoms with E-state index in [1.807, 2.05) is 24.3 Å². The van der Waals surface area contributed by atoms with Crippen molar-refractivity contribution in [3.05, 3.63) is 60.1 Å². The quantitative estimate of drug-likeness (QED) is 0.713. The largest absolute Gasteiger partial charge is 0.484 e. The summed E-state index contributed by atoms with van der Waals surface area (Å²) in [6, 6.07) is 12.7. The maximum Gasteiger partial charge on any atom is 0.303 e. The summed E-state index contributed by atoms with van der Waals surface area (Å²) in [4.78, 5) is 18.9. The van der Waals surface area contributed by atoms with E-state index in [0.717, 1.165) is 5.56 Å². The number of benzene rings is 1. The minimum absolute atomic E-state index is 0.110. The van der Waals surface area contributed by atoms with Crippen molar-refractivity contribution in [2.75, 3.05) is 0 Å². The van der Waals surface area contributed by atoms with Crippen LogP contribution in [0.4, 0.5) is 0 Å². The number of aliphatic carboxylic acids is 1. The molecule has 0 saturated carbocycles. The smallest absolute Gasteiger partial charge is 0.303 e. The van der Waals surface area contributed by atoms with Crippen LogP contribution < -0.4 is 4.74 Å². The minimum Gasteiger partial charge on any atom is -0.484 e. The van der Waals surface area contributed by atoms with Crippen LogP contribution in [0.1, 0.15) is 17.9 Å². The van der Waals surface area contributed by atoms with Crippen molar-refractivity contribution in [2.45, 2.75) is 19.4 Å². The highest BCUT2D eigenvalue weighted by Crippen LogP contribution is 2.16. The van der Waals surface area contributed by atoms with Crippen LogP contribution in [0, 0.1) is 0 Å². The molecular weight excluding hydrogens is 310 g/mol. The Morgan fingerprint density at radius 2 is 2.00 bits per heavy atom. The van der Waals surface area contributed by atoms with Crippen LogP contribution in [0.2, 0.25) is 0 Å². The van der Waals surface area contributed by atoms with E-state index in [4.69, 9.17) is 14.4 Å². The first kappa shape index (κ1) is 15.7. The van der Waals surface area contributed by atoms with Gasteiger partial charge in [-0.25, -0.2) is 0 Å². The average Bonchev–Trinajstić information content (AvgIpc) is 3.09. The molecule has 0 amide bonds. The molecule has 1 aromatic carbocycles. The standard InChI is InChI=1S/C17H15N3O4/c21-16(22)9-6-12-4-7-13(8-5-12)23-11-15-19-17(20-24-15)14-3-1-2-10-18-14/h1-5,7-8,10H,6,9,11H2,(H,21,22). The van der Waals surface area contributed by atoms with Crippen molar-refractivity contribution in [2.24, 2.45) is 0 Å². The maximum absolute atomic E-state index is 10.6. The second-order valence-corrected chi connectivity index (χ2v) is 5.05. The number of carbonyl (C=O) groups is 1. The Morgan fingerprint density at radius 3 is 2.71 bits per heavy atom.